The number of piperazine rings is 1. The van der Waals surface area contributed by atoms with E-state index in [1.54, 1.807) is 29.2 Å². The number of hydrogen-bond acceptors (Lipinski definition) is 4. The van der Waals surface area contributed by atoms with Gasteiger partial charge in [-0.25, -0.2) is 0 Å². The largest absolute Gasteiger partial charge is 0.510 e. The summed E-state index contributed by atoms with van der Waals surface area (Å²) in [5.74, 6) is 2.53. The summed E-state index contributed by atoms with van der Waals surface area (Å²) in [7, 11) is 1.58. The number of carbonyl (C=O) groups excluding carboxylic acids is 1. The van der Waals surface area contributed by atoms with Crippen LogP contribution in [-0.2, 0) is 9.53 Å². The van der Waals surface area contributed by atoms with E-state index in [0.717, 1.165) is 0 Å². The molecule has 0 aliphatic carbocycles. The topological polar surface area (TPSA) is 53.0 Å². The van der Waals surface area contributed by atoms with E-state index in [1.165, 1.54) is 0 Å². The summed E-state index contributed by atoms with van der Waals surface area (Å²) in [6.45, 7) is 1.37. The van der Waals surface area contributed by atoms with Crippen molar-refractivity contribution in [1.29, 1.82) is 0 Å². The van der Waals surface area contributed by atoms with E-state index in [4.69, 9.17) is 11.2 Å². The van der Waals surface area contributed by atoms with Gasteiger partial charge in [0.2, 0.25) is 0 Å². The van der Waals surface area contributed by atoms with Crippen LogP contribution in [0.1, 0.15) is 6.42 Å². The Morgan fingerprint density at radius 1 is 1.67 bits per heavy atom. The SMILES string of the molecule is C#C[C@H]1CN(CCOC)C(=O)C2=C(O)CC=CN21. The molecule has 0 spiro atoms. The molecule has 5 heteroatoms. The van der Waals surface area contributed by atoms with Crippen molar-refractivity contribution in [2.45, 2.75) is 12.5 Å². The van der Waals surface area contributed by atoms with Crippen molar-refractivity contribution in [1.82, 2.24) is 9.80 Å². The highest BCUT2D eigenvalue weighted by atomic mass is 16.5. The summed E-state index contributed by atoms with van der Waals surface area (Å²) in [4.78, 5) is 15.5. The third kappa shape index (κ3) is 2.07. The molecule has 2 aliphatic rings. The summed E-state index contributed by atoms with van der Waals surface area (Å²) in [6.07, 6.45) is 9.42. The Balaban J connectivity index is 2.27. The van der Waals surface area contributed by atoms with Crippen LogP contribution in [-0.4, -0.2) is 53.7 Å². The third-order valence-electron chi connectivity index (χ3n) is 3.09. The maximum atomic E-state index is 12.2. The van der Waals surface area contributed by atoms with Gasteiger partial charge in [-0.3, -0.25) is 4.79 Å². The first-order chi connectivity index (χ1) is 8.69. The second-order valence-electron chi connectivity index (χ2n) is 4.22. The Labute approximate surface area is 106 Å². The molecule has 0 aromatic rings. The predicted octanol–water partition coefficient (Wildman–Crippen LogP) is 0.466. The van der Waals surface area contributed by atoms with Crippen LogP contribution in [0.25, 0.3) is 0 Å². The van der Waals surface area contributed by atoms with Crippen LogP contribution in [0.3, 0.4) is 0 Å². The molecule has 2 rings (SSSR count). The van der Waals surface area contributed by atoms with E-state index >= 15 is 0 Å². The van der Waals surface area contributed by atoms with Gasteiger partial charge in [0.15, 0.2) is 0 Å². The van der Waals surface area contributed by atoms with Crippen LogP contribution in [0.15, 0.2) is 23.7 Å². The molecule has 96 valence electrons. The monoisotopic (exact) mass is 248 g/mol. The van der Waals surface area contributed by atoms with Crippen LogP contribution in [0.4, 0.5) is 0 Å². The highest BCUT2D eigenvalue weighted by molar-refractivity contribution is 5.95. The zero-order chi connectivity index (χ0) is 13.1. The number of amides is 1. The number of carbonyl (C=O) groups is 1. The summed E-state index contributed by atoms with van der Waals surface area (Å²) >= 11 is 0. The van der Waals surface area contributed by atoms with E-state index in [9.17, 15) is 9.90 Å². The molecule has 0 aromatic carbocycles. The third-order valence-corrected chi connectivity index (χ3v) is 3.09. The maximum absolute atomic E-state index is 12.2. The number of allylic oxidation sites excluding steroid dienone is 1. The van der Waals surface area contributed by atoms with Gasteiger partial charge in [0.05, 0.1) is 13.2 Å². The number of hydrogen-bond donors (Lipinski definition) is 1. The predicted molar refractivity (Wildman–Crippen MR) is 66.3 cm³/mol. The summed E-state index contributed by atoms with van der Waals surface area (Å²) in [6, 6.07) is -0.242. The van der Waals surface area contributed by atoms with Crippen molar-refractivity contribution in [3.63, 3.8) is 0 Å². The molecule has 1 saturated heterocycles. The fourth-order valence-corrected chi connectivity index (χ4v) is 2.15. The molecule has 2 heterocycles. The molecule has 1 atom stereocenters. The second-order valence-corrected chi connectivity index (χ2v) is 4.22. The Kier molecular flexibility index (Phi) is 3.58. The molecule has 1 amide bonds. The van der Waals surface area contributed by atoms with E-state index in [0.29, 0.717) is 31.8 Å². The molecular formula is C13H16N2O3. The smallest absolute Gasteiger partial charge is 0.274 e. The lowest BCUT2D eigenvalue weighted by Crippen LogP contribution is -2.54. The fourth-order valence-electron chi connectivity index (χ4n) is 2.15. The zero-order valence-electron chi connectivity index (χ0n) is 10.3. The van der Waals surface area contributed by atoms with Crippen LogP contribution in [0.2, 0.25) is 0 Å². The number of aliphatic hydroxyl groups excluding tert-OH is 1. The van der Waals surface area contributed by atoms with E-state index < -0.39 is 0 Å². The minimum Gasteiger partial charge on any atom is -0.510 e. The quantitative estimate of drug-likeness (QED) is 0.737. The molecule has 0 unspecified atom stereocenters. The second kappa shape index (κ2) is 5.15. The van der Waals surface area contributed by atoms with Gasteiger partial charge in [-0.1, -0.05) is 12.0 Å². The normalized spacial score (nSPS) is 23.1. The van der Waals surface area contributed by atoms with E-state index in [1.807, 2.05) is 0 Å². The number of nitrogens with zero attached hydrogens (tertiary/aromatic N) is 2. The van der Waals surface area contributed by atoms with Gasteiger partial charge in [0, 0.05) is 26.3 Å². The van der Waals surface area contributed by atoms with Crippen molar-refractivity contribution < 1.29 is 14.6 Å². The number of fused-ring (bicyclic) bond motifs is 1. The molecular weight excluding hydrogens is 232 g/mol. The lowest BCUT2D eigenvalue weighted by Gasteiger charge is -2.41. The first kappa shape index (κ1) is 12.5. The Bertz CT molecular complexity index is 448. The van der Waals surface area contributed by atoms with Crippen LogP contribution < -0.4 is 0 Å². The molecule has 1 fully saturated rings. The van der Waals surface area contributed by atoms with Gasteiger partial charge in [0.1, 0.15) is 17.5 Å². The standard InChI is InChI=1S/C13H16N2O3/c1-3-10-9-14(7-8-18-2)13(17)12-11(16)5-4-6-15(10)12/h1,4,6,10,16H,5,7-9H2,2H3/t10-/m0/s1. The molecule has 5 nitrogen and oxygen atoms in total. The first-order valence-electron chi connectivity index (χ1n) is 5.80. The Morgan fingerprint density at radius 3 is 3.11 bits per heavy atom. The number of terminal acetylenes is 1. The van der Waals surface area contributed by atoms with Gasteiger partial charge in [-0.15, -0.1) is 6.42 Å². The molecule has 2 aliphatic heterocycles. The summed E-state index contributed by atoms with van der Waals surface area (Å²) in [5, 5.41) is 9.87. The highest BCUT2D eigenvalue weighted by Gasteiger charge is 2.37. The average Bonchev–Trinajstić information content (AvgIpc) is 2.38. The number of ether oxygens (including phenoxy) is 1. The maximum Gasteiger partial charge on any atom is 0.274 e. The first-order valence-corrected chi connectivity index (χ1v) is 5.80. The van der Waals surface area contributed by atoms with Crippen molar-refractivity contribution in [2.24, 2.45) is 0 Å². The van der Waals surface area contributed by atoms with Gasteiger partial charge < -0.3 is 19.6 Å². The van der Waals surface area contributed by atoms with Crippen LogP contribution in [0.5, 0.6) is 0 Å². The summed E-state index contributed by atoms with van der Waals surface area (Å²) < 4.78 is 4.97. The molecule has 0 saturated carbocycles. The number of aliphatic hydroxyl groups is 1. The average molecular weight is 248 g/mol. The molecule has 0 radical (unpaired) electrons. The minimum atomic E-state index is -0.242. The number of rotatable bonds is 3. The fraction of sp³-hybridized carbons (Fsp3) is 0.462. The van der Waals surface area contributed by atoms with E-state index in [2.05, 4.69) is 5.92 Å². The zero-order valence-corrected chi connectivity index (χ0v) is 10.3. The Morgan fingerprint density at radius 2 is 2.44 bits per heavy atom. The van der Waals surface area contributed by atoms with Gasteiger partial charge in [-0.2, -0.15) is 0 Å². The van der Waals surface area contributed by atoms with Gasteiger partial charge >= 0.3 is 0 Å². The van der Waals surface area contributed by atoms with Crippen LogP contribution >= 0.6 is 0 Å². The van der Waals surface area contributed by atoms with Crippen molar-refractivity contribution in [3.8, 4) is 12.3 Å². The molecule has 1 N–H and O–H groups in total. The van der Waals surface area contributed by atoms with Crippen molar-refractivity contribution >= 4 is 5.91 Å². The van der Waals surface area contributed by atoms with Crippen molar-refractivity contribution in [2.75, 3.05) is 26.8 Å². The molecule has 0 aromatic heterocycles. The van der Waals surface area contributed by atoms with Gasteiger partial charge in [-0.05, 0) is 0 Å². The Hall–Kier alpha value is -1.93. The lowest BCUT2D eigenvalue weighted by molar-refractivity contribution is -0.132. The highest BCUT2D eigenvalue weighted by Crippen LogP contribution is 2.27. The van der Waals surface area contributed by atoms with Gasteiger partial charge in [0.25, 0.3) is 5.91 Å². The van der Waals surface area contributed by atoms with Crippen LogP contribution in [0, 0.1) is 12.3 Å². The lowest BCUT2D eigenvalue weighted by atomic mass is 10.1. The molecule has 18 heavy (non-hydrogen) atoms. The minimum absolute atomic E-state index is 0.0740. The number of methoxy groups -OCH3 is 1. The molecule has 0 bridgehead atoms. The summed E-state index contributed by atoms with van der Waals surface area (Å²) in [5.41, 5.74) is 0.294. The van der Waals surface area contributed by atoms with E-state index in [-0.39, 0.29) is 17.7 Å². The van der Waals surface area contributed by atoms with Crippen molar-refractivity contribution in [3.05, 3.63) is 23.7 Å².